The smallest absolute Gasteiger partial charge is 0.310 e. The van der Waals surface area contributed by atoms with Gasteiger partial charge in [-0.1, -0.05) is 37.6 Å². The molecule has 1 aliphatic rings. The summed E-state index contributed by atoms with van der Waals surface area (Å²) in [7, 11) is 0. The maximum atomic E-state index is 12.2. The van der Waals surface area contributed by atoms with E-state index in [2.05, 4.69) is 6.08 Å². The Morgan fingerprint density at radius 2 is 2.00 bits per heavy atom. The number of carbonyl (C=O) groups excluding carboxylic acids is 1. The van der Waals surface area contributed by atoms with Gasteiger partial charge in [-0.15, -0.1) is 0 Å². The fourth-order valence-electron chi connectivity index (χ4n) is 2.85. The van der Waals surface area contributed by atoms with Gasteiger partial charge in [0.15, 0.2) is 0 Å². The molecule has 0 amide bonds. The highest BCUT2D eigenvalue weighted by Gasteiger charge is 2.61. The van der Waals surface area contributed by atoms with Crippen molar-refractivity contribution in [3.63, 3.8) is 0 Å². The third kappa shape index (κ3) is 3.18. The van der Waals surface area contributed by atoms with Crippen LogP contribution in [0.4, 0.5) is 5.69 Å². The zero-order valence-corrected chi connectivity index (χ0v) is 13.3. The summed E-state index contributed by atoms with van der Waals surface area (Å²) in [4.78, 5) is 22.7. The van der Waals surface area contributed by atoms with Crippen LogP contribution < -0.4 is 0 Å². The summed E-state index contributed by atoms with van der Waals surface area (Å²) in [5, 5.41) is 10.9. The van der Waals surface area contributed by atoms with E-state index >= 15 is 0 Å². The van der Waals surface area contributed by atoms with Crippen molar-refractivity contribution < 1.29 is 14.5 Å². The summed E-state index contributed by atoms with van der Waals surface area (Å²) in [6.45, 7) is 8.01. The number of ether oxygens (including phenoxy) is 1. The van der Waals surface area contributed by atoms with Crippen LogP contribution in [0.1, 0.15) is 33.3 Å². The highest BCUT2D eigenvalue weighted by atomic mass is 16.6. The summed E-state index contributed by atoms with van der Waals surface area (Å²) in [6.07, 6.45) is 2.09. The van der Waals surface area contributed by atoms with Crippen molar-refractivity contribution in [1.82, 2.24) is 0 Å². The Morgan fingerprint density at radius 1 is 1.36 bits per heavy atom. The van der Waals surface area contributed by atoms with Gasteiger partial charge in [0.2, 0.25) is 0 Å². The zero-order chi connectivity index (χ0) is 16.5. The summed E-state index contributed by atoms with van der Waals surface area (Å²) in [5.41, 5.74) is 1.45. The van der Waals surface area contributed by atoms with Gasteiger partial charge >= 0.3 is 5.97 Å². The lowest BCUT2D eigenvalue weighted by atomic mass is 10.1. The molecule has 2 unspecified atom stereocenters. The number of nitro benzene ring substituents is 1. The second-order valence-corrected chi connectivity index (χ2v) is 6.56. The van der Waals surface area contributed by atoms with Crippen LogP contribution in [0.3, 0.4) is 0 Å². The first-order chi connectivity index (χ1) is 10.2. The Kier molecular flexibility index (Phi) is 4.35. The number of nitro groups is 1. The van der Waals surface area contributed by atoms with Gasteiger partial charge in [-0.2, -0.15) is 0 Å². The molecule has 0 heterocycles. The first kappa shape index (κ1) is 16.2. The molecule has 5 nitrogen and oxygen atoms in total. The molecule has 0 aliphatic heterocycles. The second-order valence-electron chi connectivity index (χ2n) is 6.56. The molecule has 118 valence electrons. The number of allylic oxidation sites excluding steroid dienone is 2. The molecule has 0 N–H and O–H groups in total. The second kappa shape index (κ2) is 5.91. The molecule has 5 heteroatoms. The molecule has 1 aromatic rings. The summed E-state index contributed by atoms with van der Waals surface area (Å²) in [5.74, 6) is -0.286. The lowest BCUT2D eigenvalue weighted by Crippen LogP contribution is -2.11. The van der Waals surface area contributed by atoms with Crippen LogP contribution in [0.5, 0.6) is 0 Å². The molecule has 1 fully saturated rings. The maximum Gasteiger partial charge on any atom is 0.310 e. The van der Waals surface area contributed by atoms with E-state index in [1.54, 1.807) is 18.2 Å². The Labute approximate surface area is 130 Å². The van der Waals surface area contributed by atoms with Gasteiger partial charge in [-0.25, -0.2) is 0 Å². The third-order valence-electron chi connectivity index (χ3n) is 4.24. The summed E-state index contributed by atoms with van der Waals surface area (Å²) in [6, 6.07) is 6.31. The number of benzene rings is 1. The third-order valence-corrected chi connectivity index (χ3v) is 4.24. The minimum absolute atomic E-state index is 0.0220. The van der Waals surface area contributed by atoms with Gasteiger partial charge < -0.3 is 4.74 Å². The standard InChI is InChI=1S/C17H21NO4/c1-11(2)9-13-15(17(13,3)4)16(19)22-10-12-7-5-6-8-14(12)18(20)21/h5-9,13,15H,10H2,1-4H3. The summed E-state index contributed by atoms with van der Waals surface area (Å²) < 4.78 is 5.32. The topological polar surface area (TPSA) is 69.4 Å². The van der Waals surface area contributed by atoms with Crippen molar-refractivity contribution in [1.29, 1.82) is 0 Å². The van der Waals surface area contributed by atoms with Crippen LogP contribution in [-0.2, 0) is 16.1 Å². The van der Waals surface area contributed by atoms with Crippen LogP contribution in [-0.4, -0.2) is 10.9 Å². The molecule has 22 heavy (non-hydrogen) atoms. The molecule has 1 aliphatic carbocycles. The largest absolute Gasteiger partial charge is 0.460 e. The van der Waals surface area contributed by atoms with Gasteiger partial charge in [0.25, 0.3) is 5.69 Å². The molecular weight excluding hydrogens is 282 g/mol. The minimum atomic E-state index is -0.462. The Morgan fingerprint density at radius 3 is 2.59 bits per heavy atom. The Hall–Kier alpha value is -2.17. The molecule has 2 atom stereocenters. The lowest BCUT2D eigenvalue weighted by Gasteiger charge is -2.06. The molecule has 0 saturated heterocycles. The Bertz CT molecular complexity index is 629. The first-order valence-electron chi connectivity index (χ1n) is 7.29. The van der Waals surface area contributed by atoms with Gasteiger partial charge in [0.1, 0.15) is 6.61 Å². The van der Waals surface area contributed by atoms with Gasteiger partial charge in [-0.05, 0) is 31.2 Å². The SMILES string of the molecule is CC(C)=CC1C(C(=O)OCc2ccccc2[N+](=O)[O-])C1(C)C. The number of para-hydroxylation sites is 1. The zero-order valence-electron chi connectivity index (χ0n) is 13.3. The number of nitrogens with zero attached hydrogens (tertiary/aromatic N) is 1. The fraction of sp³-hybridized carbons (Fsp3) is 0.471. The average Bonchev–Trinajstić information content (AvgIpc) is 2.96. The molecule has 1 saturated carbocycles. The van der Waals surface area contributed by atoms with Gasteiger partial charge in [-0.3, -0.25) is 14.9 Å². The average molecular weight is 303 g/mol. The predicted molar refractivity (Wildman–Crippen MR) is 83.1 cm³/mol. The van der Waals surface area contributed by atoms with Crippen molar-refractivity contribution in [2.45, 2.75) is 34.3 Å². The van der Waals surface area contributed by atoms with Crippen molar-refractivity contribution in [3.8, 4) is 0 Å². The van der Waals surface area contributed by atoms with Crippen LogP contribution in [0, 0.1) is 27.4 Å². The molecule has 1 aromatic carbocycles. The number of esters is 1. The first-order valence-corrected chi connectivity index (χ1v) is 7.29. The normalized spacial score (nSPS) is 21.8. The highest BCUT2D eigenvalue weighted by Crippen LogP contribution is 2.59. The van der Waals surface area contributed by atoms with E-state index in [1.165, 1.54) is 11.6 Å². The summed E-state index contributed by atoms with van der Waals surface area (Å²) >= 11 is 0. The fourth-order valence-corrected chi connectivity index (χ4v) is 2.85. The number of hydrogen-bond acceptors (Lipinski definition) is 4. The van der Waals surface area contributed by atoms with Crippen molar-refractivity contribution in [2.75, 3.05) is 0 Å². The molecule has 0 radical (unpaired) electrons. The van der Waals surface area contributed by atoms with E-state index in [-0.39, 0.29) is 35.5 Å². The van der Waals surface area contributed by atoms with Crippen molar-refractivity contribution in [2.24, 2.45) is 17.3 Å². The van der Waals surface area contributed by atoms with E-state index in [0.29, 0.717) is 5.56 Å². The number of rotatable bonds is 5. The van der Waals surface area contributed by atoms with Crippen molar-refractivity contribution in [3.05, 3.63) is 51.6 Å². The maximum absolute atomic E-state index is 12.2. The quantitative estimate of drug-likeness (QED) is 0.358. The van der Waals surface area contributed by atoms with Crippen LogP contribution in [0.25, 0.3) is 0 Å². The molecule has 0 aromatic heterocycles. The van der Waals surface area contributed by atoms with E-state index in [4.69, 9.17) is 4.74 Å². The number of carbonyl (C=O) groups is 1. The molecular formula is C17H21NO4. The lowest BCUT2D eigenvalue weighted by molar-refractivity contribution is -0.385. The van der Waals surface area contributed by atoms with E-state index in [1.807, 2.05) is 27.7 Å². The number of hydrogen-bond donors (Lipinski definition) is 0. The van der Waals surface area contributed by atoms with Gasteiger partial charge in [0, 0.05) is 6.07 Å². The van der Waals surface area contributed by atoms with Crippen molar-refractivity contribution >= 4 is 11.7 Å². The molecule has 2 rings (SSSR count). The van der Waals surface area contributed by atoms with E-state index in [0.717, 1.165) is 0 Å². The van der Waals surface area contributed by atoms with Crippen LogP contribution in [0.2, 0.25) is 0 Å². The predicted octanol–water partition coefficient (Wildman–Crippen LogP) is 3.88. The Balaban J connectivity index is 2.03. The highest BCUT2D eigenvalue weighted by molar-refractivity contribution is 5.78. The molecule has 0 spiro atoms. The van der Waals surface area contributed by atoms with E-state index < -0.39 is 4.92 Å². The minimum Gasteiger partial charge on any atom is -0.460 e. The monoisotopic (exact) mass is 303 g/mol. The van der Waals surface area contributed by atoms with E-state index in [9.17, 15) is 14.9 Å². The molecule has 0 bridgehead atoms. The van der Waals surface area contributed by atoms with Crippen LogP contribution in [0.15, 0.2) is 35.9 Å². The van der Waals surface area contributed by atoms with Crippen LogP contribution >= 0.6 is 0 Å². The van der Waals surface area contributed by atoms with Gasteiger partial charge in [0.05, 0.1) is 16.4 Å².